The van der Waals surface area contributed by atoms with Crippen LogP contribution in [0.25, 0.3) is 0 Å². The first kappa shape index (κ1) is 52.5. The van der Waals surface area contributed by atoms with Gasteiger partial charge in [-0.3, -0.25) is 14.4 Å². The number of alkyl carbamates (subject to hydrolysis) is 1. The minimum Gasteiger partial charge on any atom is -0.456 e. The van der Waals surface area contributed by atoms with E-state index in [1.807, 2.05) is 0 Å². The van der Waals surface area contributed by atoms with E-state index >= 15 is 4.79 Å². The van der Waals surface area contributed by atoms with Crippen LogP contribution in [0, 0.1) is 16.7 Å². The van der Waals surface area contributed by atoms with Crippen LogP contribution < -0.4 is 16.4 Å². The number of amides is 2. The summed E-state index contributed by atoms with van der Waals surface area (Å²) < 4.78 is 30.7. The van der Waals surface area contributed by atoms with Gasteiger partial charge >= 0.3 is 24.0 Å². The predicted octanol–water partition coefficient (Wildman–Crippen LogP) is 2.14. The monoisotopic (exact) mass is 983 g/mol. The summed E-state index contributed by atoms with van der Waals surface area (Å²) in [5.74, 6) is -6.34. The molecule has 7 rings (SSSR count). The molecule has 0 aromatic heterocycles. The maximum atomic E-state index is 15.9. The lowest BCUT2D eigenvalue weighted by Crippen LogP contribution is -2.82. The third-order valence-electron chi connectivity index (χ3n) is 14.8. The number of hydrogen-bond donors (Lipinski definition) is 8. The maximum Gasteiger partial charge on any atom is 0.408 e. The zero-order chi connectivity index (χ0) is 51.6. The molecular formula is C52H61N3O16. The number of hydrogen-bond acceptors (Lipinski definition) is 17. The normalized spacial score (nSPS) is 30.3. The highest BCUT2D eigenvalue weighted by Gasteiger charge is 2.78. The largest absolute Gasteiger partial charge is 0.456 e. The van der Waals surface area contributed by atoms with Gasteiger partial charge in [0.05, 0.1) is 54.4 Å². The highest BCUT2D eigenvalue weighted by molar-refractivity contribution is 5.96. The van der Waals surface area contributed by atoms with Crippen molar-refractivity contribution in [1.82, 2.24) is 10.6 Å². The standard InChI is InChI=1S/C52H61N3O16/c1-28-35(68-47(64)40(60)39(30-16-9-6-10-17-30)55-45(62)31-18-11-7-12-19-31)25-52(66)44(70-46(63)32-20-13-8-14-21-32)42-50(5,36(59)24-37-51(42,27-67-37)71-29(2)57)43(61)41(38(28)49(52,3)4)69-48(65)54-23-15-22-34(58)33(53)26-56/h6-22,33-37,39-42,44,56,58-60,66H,23-27,53H2,1-5H3,(H,54,65)(H,55,62)/b22-15+/t33-,34+,35-,36-,37?,39-,40+,41+,42-,44-,50?,51-,52+/m0/s1. The topological polar surface area (TPSA) is 300 Å². The Kier molecular flexibility index (Phi) is 15.4. The molecule has 380 valence electrons. The Labute approximate surface area is 409 Å². The van der Waals surface area contributed by atoms with E-state index in [2.05, 4.69) is 10.6 Å². The summed E-state index contributed by atoms with van der Waals surface area (Å²) in [6.07, 6.45) is -11.2. The lowest BCUT2D eigenvalue weighted by molar-refractivity contribution is -0.345. The molecule has 71 heavy (non-hydrogen) atoms. The van der Waals surface area contributed by atoms with Gasteiger partial charge in [0.1, 0.15) is 23.9 Å². The molecule has 2 unspecified atom stereocenters. The van der Waals surface area contributed by atoms with E-state index in [-0.39, 0.29) is 41.8 Å². The van der Waals surface area contributed by atoms with Crippen LogP contribution in [0.15, 0.2) is 114 Å². The van der Waals surface area contributed by atoms with Gasteiger partial charge in [0.15, 0.2) is 23.6 Å². The third kappa shape index (κ3) is 9.74. The number of carbonyl (C=O) groups is 6. The Morgan fingerprint density at radius 1 is 0.901 bits per heavy atom. The van der Waals surface area contributed by atoms with E-state index in [0.717, 1.165) is 6.92 Å². The summed E-state index contributed by atoms with van der Waals surface area (Å²) in [5.41, 5.74) is -2.09. The molecular weight excluding hydrogens is 923 g/mol. The Hall–Kier alpha value is -6.32. The summed E-state index contributed by atoms with van der Waals surface area (Å²) in [6.45, 7) is 5.79. The first-order valence-corrected chi connectivity index (χ1v) is 23.3. The number of ketones is 1. The molecule has 3 aromatic rings. The van der Waals surface area contributed by atoms with Crippen LogP contribution in [0.5, 0.6) is 0 Å². The molecule has 1 aliphatic heterocycles. The molecule has 2 saturated carbocycles. The first-order chi connectivity index (χ1) is 33.6. The average Bonchev–Trinajstić information content (AvgIpc) is 3.35. The fraction of sp³-hybridized carbons (Fsp3) is 0.462. The van der Waals surface area contributed by atoms with Gasteiger partial charge in [0.2, 0.25) is 0 Å². The van der Waals surface area contributed by atoms with Crippen LogP contribution in [0.3, 0.4) is 0 Å². The molecule has 3 aromatic carbocycles. The van der Waals surface area contributed by atoms with Gasteiger partial charge < -0.3 is 65.6 Å². The Balaban J connectivity index is 1.38. The van der Waals surface area contributed by atoms with Crippen molar-refractivity contribution in [3.63, 3.8) is 0 Å². The van der Waals surface area contributed by atoms with Crippen molar-refractivity contribution in [1.29, 1.82) is 0 Å². The molecule has 2 amide bonds. The summed E-state index contributed by atoms with van der Waals surface area (Å²) in [6, 6.07) is 21.6. The highest BCUT2D eigenvalue weighted by Crippen LogP contribution is 2.64. The lowest BCUT2D eigenvalue weighted by Gasteiger charge is -2.67. The van der Waals surface area contributed by atoms with E-state index in [1.54, 1.807) is 78.9 Å². The van der Waals surface area contributed by atoms with Crippen molar-refractivity contribution < 1.29 is 78.0 Å². The van der Waals surface area contributed by atoms with E-state index in [9.17, 15) is 49.5 Å². The number of carbonyl (C=O) groups excluding carboxylic acids is 6. The molecule has 1 saturated heterocycles. The molecule has 1 heterocycles. The molecule has 9 N–H and O–H groups in total. The zero-order valence-corrected chi connectivity index (χ0v) is 39.9. The molecule has 3 fully saturated rings. The molecule has 4 aliphatic rings. The summed E-state index contributed by atoms with van der Waals surface area (Å²) in [4.78, 5) is 85.5. The van der Waals surface area contributed by atoms with E-state index in [0.29, 0.717) is 5.56 Å². The fourth-order valence-corrected chi connectivity index (χ4v) is 10.8. The molecule has 3 aliphatic carbocycles. The van der Waals surface area contributed by atoms with E-state index in [1.165, 1.54) is 52.0 Å². The van der Waals surface area contributed by atoms with Crippen molar-refractivity contribution in [3.05, 3.63) is 131 Å². The Morgan fingerprint density at radius 2 is 1.51 bits per heavy atom. The van der Waals surface area contributed by atoms with Crippen molar-refractivity contribution in [3.8, 4) is 0 Å². The van der Waals surface area contributed by atoms with Gasteiger partial charge in [-0.15, -0.1) is 0 Å². The number of esters is 3. The number of nitrogens with one attached hydrogen (secondary N) is 2. The summed E-state index contributed by atoms with van der Waals surface area (Å²) in [5, 5.41) is 62.8. The van der Waals surface area contributed by atoms with Crippen LogP contribution in [-0.4, -0.2) is 141 Å². The lowest BCUT2D eigenvalue weighted by atomic mass is 9.44. The minimum atomic E-state index is -2.50. The second-order valence-corrected chi connectivity index (χ2v) is 19.3. The number of benzene rings is 3. The molecule has 0 radical (unpaired) electrons. The SMILES string of the molecule is CC(=O)O[C@@]12COC1C[C@H](O)C1(C)C(=O)[C@H](OC(=O)NC/C=C/[C@@H](O)[C@@H](N)CO)C3=C(C)[C@@H](OC(=O)[C@H](O)[C@@H](NC(=O)c4ccccc4)c4ccccc4)C[C@@](O)([C@@H](OC(=O)c4ccccc4)[C@@H]12)C3(C)C. The smallest absolute Gasteiger partial charge is 0.408 e. The van der Waals surface area contributed by atoms with Crippen LogP contribution in [-0.2, 0) is 38.1 Å². The van der Waals surface area contributed by atoms with Gasteiger partial charge in [-0.25, -0.2) is 14.4 Å². The second-order valence-electron chi connectivity index (χ2n) is 19.3. The number of nitrogens with two attached hydrogens (primary N) is 1. The summed E-state index contributed by atoms with van der Waals surface area (Å²) in [7, 11) is 0. The number of Topliss-reactive ketones (excluding diaryl/α,β-unsaturated/α-hetero) is 1. The number of aliphatic hydroxyl groups is 5. The number of fused-ring (bicyclic) bond motifs is 5. The fourth-order valence-electron chi connectivity index (χ4n) is 10.8. The van der Waals surface area contributed by atoms with Gasteiger partial charge in [0.25, 0.3) is 5.91 Å². The van der Waals surface area contributed by atoms with Crippen LogP contribution in [0.2, 0.25) is 0 Å². The van der Waals surface area contributed by atoms with Crippen LogP contribution >= 0.6 is 0 Å². The number of ether oxygens (including phenoxy) is 5. The van der Waals surface area contributed by atoms with E-state index < -0.39 is 131 Å². The Morgan fingerprint density at radius 3 is 2.08 bits per heavy atom. The van der Waals surface area contributed by atoms with Gasteiger partial charge in [-0.1, -0.05) is 92.7 Å². The van der Waals surface area contributed by atoms with Crippen molar-refractivity contribution in [2.24, 2.45) is 22.5 Å². The highest BCUT2D eigenvalue weighted by atomic mass is 16.6. The zero-order valence-electron chi connectivity index (χ0n) is 39.9. The molecule has 13 atom stereocenters. The van der Waals surface area contributed by atoms with Crippen LogP contribution in [0.1, 0.15) is 79.8 Å². The van der Waals surface area contributed by atoms with Crippen LogP contribution in [0.4, 0.5) is 4.79 Å². The second kappa shape index (κ2) is 20.8. The maximum absolute atomic E-state index is 15.9. The predicted molar refractivity (Wildman–Crippen MR) is 251 cm³/mol. The molecule has 2 bridgehead atoms. The minimum absolute atomic E-state index is 0.0273. The van der Waals surface area contributed by atoms with Gasteiger partial charge in [0, 0.05) is 37.3 Å². The summed E-state index contributed by atoms with van der Waals surface area (Å²) >= 11 is 0. The quantitative estimate of drug-likeness (QED) is 0.0615. The Bertz CT molecular complexity index is 2540. The van der Waals surface area contributed by atoms with Crippen molar-refractivity contribution in [2.45, 2.75) is 113 Å². The molecule has 19 heteroatoms. The van der Waals surface area contributed by atoms with Gasteiger partial charge in [-0.2, -0.15) is 0 Å². The van der Waals surface area contributed by atoms with Crippen molar-refractivity contribution in [2.75, 3.05) is 19.8 Å². The molecule has 0 spiro atoms. The number of aliphatic hydroxyl groups excluding tert-OH is 4. The number of rotatable bonds is 15. The van der Waals surface area contributed by atoms with E-state index in [4.69, 9.17) is 29.4 Å². The first-order valence-electron chi connectivity index (χ1n) is 23.3. The molecule has 19 nitrogen and oxygen atoms in total. The van der Waals surface area contributed by atoms with Gasteiger partial charge in [-0.05, 0) is 54.8 Å². The third-order valence-corrected chi connectivity index (χ3v) is 14.8. The average molecular weight is 984 g/mol. The van der Waals surface area contributed by atoms with Crippen molar-refractivity contribution >= 4 is 35.7 Å².